The van der Waals surface area contributed by atoms with E-state index in [1.54, 1.807) is 13.0 Å². The number of nitrogens with zero attached hydrogens (tertiary/aromatic N) is 3. The maximum atomic E-state index is 11.0. The van der Waals surface area contributed by atoms with E-state index in [1.807, 2.05) is 0 Å². The molecule has 0 saturated carbocycles. The van der Waals surface area contributed by atoms with Gasteiger partial charge in [0, 0.05) is 23.8 Å². The molecule has 0 radical (unpaired) electrons. The van der Waals surface area contributed by atoms with Gasteiger partial charge in [0.25, 0.3) is 11.4 Å². The van der Waals surface area contributed by atoms with Crippen LogP contribution < -0.4 is 10.3 Å². The summed E-state index contributed by atoms with van der Waals surface area (Å²) in [7, 11) is 0. The van der Waals surface area contributed by atoms with Crippen molar-refractivity contribution in [3.63, 3.8) is 0 Å². The quantitative estimate of drug-likeness (QED) is 0.687. The van der Waals surface area contributed by atoms with Gasteiger partial charge in [-0.25, -0.2) is 10.5 Å². The van der Waals surface area contributed by atoms with Crippen molar-refractivity contribution in [2.24, 2.45) is 4.99 Å². The number of nitro groups is 2. The van der Waals surface area contributed by atoms with Crippen molar-refractivity contribution in [3.8, 4) is 5.75 Å². The maximum absolute atomic E-state index is 11.0. The zero-order valence-corrected chi connectivity index (χ0v) is 11.8. The van der Waals surface area contributed by atoms with E-state index < -0.39 is 9.85 Å². The molecular weight excluding hydrogens is 304 g/mol. The van der Waals surface area contributed by atoms with Crippen LogP contribution in [0.4, 0.5) is 17.1 Å². The van der Waals surface area contributed by atoms with Crippen molar-refractivity contribution < 1.29 is 14.7 Å². The average Bonchev–Trinajstić information content (AvgIpc) is 2.55. The minimum Gasteiger partial charge on any atom is -0.371 e. The number of aliphatic imine (C=N–C) groups is 1. The van der Waals surface area contributed by atoms with Crippen molar-refractivity contribution >= 4 is 22.9 Å². The molecule has 1 aliphatic heterocycles. The minimum absolute atomic E-state index is 0.0423. The van der Waals surface area contributed by atoms with E-state index in [-0.39, 0.29) is 17.1 Å². The largest absolute Gasteiger partial charge is 0.371 e. The van der Waals surface area contributed by atoms with Gasteiger partial charge in [0.2, 0.25) is 0 Å². The van der Waals surface area contributed by atoms with Crippen molar-refractivity contribution in [3.05, 3.63) is 67.8 Å². The molecule has 0 amide bonds. The summed E-state index contributed by atoms with van der Waals surface area (Å²) in [6.45, 7) is 1.76. The first kappa shape index (κ1) is 14.4. The molecule has 0 bridgehead atoms. The van der Waals surface area contributed by atoms with Gasteiger partial charge in [0.05, 0.1) is 9.85 Å². The highest BCUT2D eigenvalue weighted by Crippen LogP contribution is 2.41. The molecule has 9 heteroatoms. The Kier molecular flexibility index (Phi) is 3.37. The molecule has 23 heavy (non-hydrogen) atoms. The number of fused-ring (bicyclic) bond motifs is 1. The SMILES string of the molecule is Cc1ccc([N+](=O)[O-])c2c1N=C(c1ccc([N+](=O)[O-])cc1)NO2. The monoisotopic (exact) mass is 314 g/mol. The van der Waals surface area contributed by atoms with Crippen LogP contribution in [0.25, 0.3) is 0 Å². The van der Waals surface area contributed by atoms with E-state index in [0.29, 0.717) is 22.6 Å². The Morgan fingerprint density at radius 1 is 1.04 bits per heavy atom. The Hall–Kier alpha value is -3.49. The molecule has 0 unspecified atom stereocenters. The summed E-state index contributed by atoms with van der Waals surface area (Å²) in [6.07, 6.45) is 0. The van der Waals surface area contributed by atoms with Crippen molar-refractivity contribution in [2.45, 2.75) is 6.92 Å². The molecule has 0 aliphatic carbocycles. The number of nitrogens with one attached hydrogen (secondary N) is 1. The lowest BCUT2D eigenvalue weighted by molar-refractivity contribution is -0.386. The topological polar surface area (TPSA) is 120 Å². The molecule has 0 saturated heterocycles. The second-order valence-electron chi connectivity index (χ2n) is 4.80. The van der Waals surface area contributed by atoms with Crippen LogP contribution in [0.3, 0.4) is 0 Å². The molecule has 1 N–H and O–H groups in total. The number of hydrogen-bond donors (Lipinski definition) is 1. The second kappa shape index (κ2) is 5.37. The molecule has 3 rings (SSSR count). The van der Waals surface area contributed by atoms with Crippen LogP contribution in [0.5, 0.6) is 5.75 Å². The van der Waals surface area contributed by atoms with Gasteiger partial charge < -0.3 is 4.84 Å². The summed E-state index contributed by atoms with van der Waals surface area (Å²) < 4.78 is 0. The van der Waals surface area contributed by atoms with Gasteiger partial charge in [0.1, 0.15) is 5.69 Å². The van der Waals surface area contributed by atoms with E-state index in [4.69, 9.17) is 4.84 Å². The summed E-state index contributed by atoms with van der Waals surface area (Å²) >= 11 is 0. The van der Waals surface area contributed by atoms with E-state index in [1.165, 1.54) is 30.3 Å². The van der Waals surface area contributed by atoms with Crippen LogP contribution in [0, 0.1) is 27.2 Å². The lowest BCUT2D eigenvalue weighted by atomic mass is 10.1. The molecule has 2 aromatic rings. The predicted octanol–water partition coefficient (Wildman–Crippen LogP) is 2.79. The van der Waals surface area contributed by atoms with Crippen molar-refractivity contribution in [2.75, 3.05) is 0 Å². The van der Waals surface area contributed by atoms with Crippen molar-refractivity contribution in [1.29, 1.82) is 0 Å². The normalized spacial score (nSPS) is 12.5. The second-order valence-corrected chi connectivity index (χ2v) is 4.80. The Morgan fingerprint density at radius 2 is 1.74 bits per heavy atom. The Morgan fingerprint density at radius 3 is 2.35 bits per heavy atom. The molecule has 0 fully saturated rings. The van der Waals surface area contributed by atoms with Gasteiger partial charge in [-0.05, 0) is 24.6 Å². The van der Waals surface area contributed by atoms with E-state index >= 15 is 0 Å². The molecule has 2 aromatic carbocycles. The first-order chi connectivity index (χ1) is 11.0. The number of hydroxylamine groups is 1. The van der Waals surface area contributed by atoms with E-state index in [2.05, 4.69) is 10.5 Å². The molecule has 0 spiro atoms. The van der Waals surface area contributed by atoms with Crippen LogP contribution in [0.2, 0.25) is 0 Å². The maximum Gasteiger partial charge on any atom is 0.316 e. The number of benzene rings is 2. The molecule has 1 heterocycles. The third kappa shape index (κ3) is 2.55. The summed E-state index contributed by atoms with van der Waals surface area (Å²) in [5, 5.41) is 21.7. The van der Waals surface area contributed by atoms with Crippen LogP contribution in [0.15, 0.2) is 41.4 Å². The molecule has 1 aliphatic rings. The van der Waals surface area contributed by atoms with Crippen LogP contribution in [-0.2, 0) is 0 Å². The first-order valence-corrected chi connectivity index (χ1v) is 6.52. The Labute approximate surface area is 129 Å². The lowest BCUT2D eigenvalue weighted by Gasteiger charge is -2.19. The van der Waals surface area contributed by atoms with Crippen LogP contribution >= 0.6 is 0 Å². The zero-order valence-electron chi connectivity index (χ0n) is 11.8. The third-order valence-corrected chi connectivity index (χ3v) is 3.33. The molecule has 9 nitrogen and oxygen atoms in total. The van der Waals surface area contributed by atoms with Crippen LogP contribution in [0.1, 0.15) is 11.1 Å². The summed E-state index contributed by atoms with van der Waals surface area (Å²) in [6, 6.07) is 8.66. The third-order valence-electron chi connectivity index (χ3n) is 3.33. The van der Waals surface area contributed by atoms with Gasteiger partial charge in [-0.2, -0.15) is 0 Å². The molecule has 0 aromatic heterocycles. The number of amidine groups is 1. The van der Waals surface area contributed by atoms with Gasteiger partial charge in [-0.3, -0.25) is 20.2 Å². The fourth-order valence-electron chi connectivity index (χ4n) is 2.14. The highest BCUT2D eigenvalue weighted by Gasteiger charge is 2.26. The Bertz CT molecular complexity index is 845. The number of aryl methyl sites for hydroxylation is 1. The lowest BCUT2D eigenvalue weighted by Crippen LogP contribution is -2.30. The molecule has 0 atom stereocenters. The predicted molar refractivity (Wildman–Crippen MR) is 80.9 cm³/mol. The number of hydrogen-bond acceptors (Lipinski definition) is 7. The van der Waals surface area contributed by atoms with Gasteiger partial charge in [-0.1, -0.05) is 6.07 Å². The van der Waals surface area contributed by atoms with Gasteiger partial charge >= 0.3 is 5.69 Å². The number of nitro benzene ring substituents is 2. The summed E-state index contributed by atoms with van der Waals surface area (Å²) in [5.74, 6) is 0.358. The Balaban J connectivity index is 2.05. The highest BCUT2D eigenvalue weighted by atomic mass is 16.7. The first-order valence-electron chi connectivity index (χ1n) is 6.52. The van der Waals surface area contributed by atoms with E-state index in [0.717, 1.165) is 0 Å². The summed E-state index contributed by atoms with van der Waals surface area (Å²) in [4.78, 5) is 30.3. The highest BCUT2D eigenvalue weighted by molar-refractivity contribution is 6.01. The van der Waals surface area contributed by atoms with Crippen molar-refractivity contribution in [1.82, 2.24) is 5.48 Å². The molecular formula is C14H10N4O5. The standard InChI is InChI=1S/C14H10N4O5/c1-8-2-7-11(18(21)22)13-12(8)15-14(16-23-13)9-3-5-10(6-4-9)17(19)20/h2-7H,1H3,(H,15,16). The zero-order chi connectivity index (χ0) is 16.6. The molecule has 116 valence electrons. The number of rotatable bonds is 3. The number of non-ortho nitro benzene ring substituents is 1. The summed E-state index contributed by atoms with van der Waals surface area (Å²) in [5.41, 5.74) is 3.93. The smallest absolute Gasteiger partial charge is 0.316 e. The fourth-order valence-corrected chi connectivity index (χ4v) is 2.14. The van der Waals surface area contributed by atoms with Gasteiger partial charge in [-0.15, -0.1) is 0 Å². The minimum atomic E-state index is -0.549. The van der Waals surface area contributed by atoms with Crippen LogP contribution in [-0.4, -0.2) is 15.7 Å². The van der Waals surface area contributed by atoms with Gasteiger partial charge in [0.15, 0.2) is 5.84 Å². The average molecular weight is 314 g/mol. The van der Waals surface area contributed by atoms with E-state index in [9.17, 15) is 20.2 Å². The fraction of sp³-hybridized carbons (Fsp3) is 0.0714.